The number of hydrogen-bond donors (Lipinski definition) is 1. The van der Waals surface area contributed by atoms with E-state index in [2.05, 4.69) is 10.3 Å². The fraction of sp³-hybridized carbons (Fsp3) is 0.176. The maximum atomic E-state index is 12.3. The lowest BCUT2D eigenvalue weighted by Gasteiger charge is -2.25. The third-order valence-corrected chi connectivity index (χ3v) is 4.59. The molecule has 5 nitrogen and oxygen atoms in total. The first-order chi connectivity index (χ1) is 11.3. The molecule has 1 aliphatic heterocycles. The predicted octanol–water partition coefficient (Wildman–Crippen LogP) is 2.75. The number of rotatable bonds is 3. The SMILES string of the molecule is O=C(NCc1nc2ccccc2s1)C1COc2ccccc2O1. The van der Waals surface area contributed by atoms with Crippen LogP contribution in [0.2, 0.25) is 0 Å². The number of hydrogen-bond acceptors (Lipinski definition) is 5. The molecule has 4 rings (SSSR count). The monoisotopic (exact) mass is 326 g/mol. The van der Waals surface area contributed by atoms with Gasteiger partial charge in [-0.3, -0.25) is 4.79 Å². The molecule has 0 spiro atoms. The van der Waals surface area contributed by atoms with Crippen molar-refractivity contribution in [3.63, 3.8) is 0 Å². The Morgan fingerprint density at radius 3 is 2.83 bits per heavy atom. The zero-order chi connectivity index (χ0) is 15.6. The summed E-state index contributed by atoms with van der Waals surface area (Å²) in [4.78, 5) is 16.8. The Labute approximate surface area is 136 Å². The quantitative estimate of drug-likeness (QED) is 0.804. The van der Waals surface area contributed by atoms with Crippen molar-refractivity contribution in [2.24, 2.45) is 0 Å². The zero-order valence-corrected chi connectivity index (χ0v) is 13.0. The lowest BCUT2D eigenvalue weighted by molar-refractivity contribution is -0.130. The van der Waals surface area contributed by atoms with Crippen LogP contribution in [0.3, 0.4) is 0 Å². The van der Waals surface area contributed by atoms with Crippen molar-refractivity contribution < 1.29 is 14.3 Å². The van der Waals surface area contributed by atoms with Crippen molar-refractivity contribution in [2.45, 2.75) is 12.6 Å². The minimum atomic E-state index is -0.640. The predicted molar refractivity (Wildman–Crippen MR) is 87.8 cm³/mol. The Bertz CT molecular complexity index is 829. The highest BCUT2D eigenvalue weighted by molar-refractivity contribution is 7.18. The molecule has 0 aliphatic carbocycles. The van der Waals surface area contributed by atoms with E-state index in [-0.39, 0.29) is 12.5 Å². The number of nitrogens with zero attached hydrogens (tertiary/aromatic N) is 1. The number of carbonyl (C=O) groups is 1. The second kappa shape index (κ2) is 5.89. The Kier molecular flexibility index (Phi) is 3.59. The van der Waals surface area contributed by atoms with Crippen molar-refractivity contribution in [1.29, 1.82) is 0 Å². The van der Waals surface area contributed by atoms with E-state index in [1.807, 2.05) is 42.5 Å². The maximum Gasteiger partial charge on any atom is 0.265 e. The van der Waals surface area contributed by atoms with Gasteiger partial charge in [0.1, 0.15) is 11.6 Å². The smallest absolute Gasteiger partial charge is 0.265 e. The molecule has 0 fully saturated rings. The molecule has 2 aromatic carbocycles. The van der Waals surface area contributed by atoms with Crippen LogP contribution < -0.4 is 14.8 Å². The molecule has 3 aromatic rings. The average Bonchev–Trinajstić information content (AvgIpc) is 3.02. The summed E-state index contributed by atoms with van der Waals surface area (Å²) >= 11 is 1.58. The van der Waals surface area contributed by atoms with Crippen molar-refractivity contribution in [3.8, 4) is 11.5 Å². The molecule has 0 bridgehead atoms. The van der Waals surface area contributed by atoms with Crippen LogP contribution in [0, 0.1) is 0 Å². The lowest BCUT2D eigenvalue weighted by Crippen LogP contribution is -2.43. The van der Waals surface area contributed by atoms with Crippen molar-refractivity contribution in [1.82, 2.24) is 10.3 Å². The fourth-order valence-electron chi connectivity index (χ4n) is 2.42. The van der Waals surface area contributed by atoms with E-state index in [4.69, 9.17) is 9.47 Å². The summed E-state index contributed by atoms with van der Waals surface area (Å²) in [5.74, 6) is 1.07. The molecular weight excluding hydrogens is 312 g/mol. The van der Waals surface area contributed by atoms with Crippen LogP contribution >= 0.6 is 11.3 Å². The molecule has 1 aromatic heterocycles. The van der Waals surface area contributed by atoms with Crippen LogP contribution in [-0.2, 0) is 11.3 Å². The summed E-state index contributed by atoms with van der Waals surface area (Å²) in [7, 11) is 0. The summed E-state index contributed by atoms with van der Waals surface area (Å²) in [5.41, 5.74) is 0.952. The number of nitrogens with one attached hydrogen (secondary N) is 1. The van der Waals surface area contributed by atoms with Crippen LogP contribution in [-0.4, -0.2) is 23.6 Å². The third-order valence-electron chi connectivity index (χ3n) is 3.55. The zero-order valence-electron chi connectivity index (χ0n) is 12.2. The second-order valence-corrected chi connectivity index (χ2v) is 6.27. The Hall–Kier alpha value is -2.60. The molecule has 1 unspecified atom stereocenters. The molecular formula is C17H14N2O3S. The summed E-state index contributed by atoms with van der Waals surface area (Å²) in [6.07, 6.45) is -0.640. The van der Waals surface area contributed by atoms with E-state index in [1.54, 1.807) is 17.4 Å². The van der Waals surface area contributed by atoms with Gasteiger partial charge in [0.15, 0.2) is 11.5 Å². The van der Waals surface area contributed by atoms with E-state index in [0.717, 1.165) is 15.2 Å². The van der Waals surface area contributed by atoms with Crippen molar-refractivity contribution in [3.05, 3.63) is 53.5 Å². The number of ether oxygens (including phenoxy) is 2. The van der Waals surface area contributed by atoms with Gasteiger partial charge in [0.05, 0.1) is 16.8 Å². The molecule has 1 N–H and O–H groups in total. The van der Waals surface area contributed by atoms with Gasteiger partial charge in [0.2, 0.25) is 6.10 Å². The maximum absolute atomic E-state index is 12.3. The van der Waals surface area contributed by atoms with Crippen LogP contribution in [0.4, 0.5) is 0 Å². The topological polar surface area (TPSA) is 60.5 Å². The van der Waals surface area contributed by atoms with Crippen LogP contribution in [0.5, 0.6) is 11.5 Å². The average molecular weight is 326 g/mol. The molecule has 1 atom stereocenters. The molecule has 0 radical (unpaired) electrons. The number of benzene rings is 2. The highest BCUT2D eigenvalue weighted by atomic mass is 32.1. The standard InChI is InChI=1S/C17H14N2O3S/c20-17(14-10-21-12-6-2-3-7-13(12)22-14)18-9-16-19-11-5-1-4-8-15(11)23-16/h1-8,14H,9-10H2,(H,18,20). The molecule has 0 saturated carbocycles. The molecule has 0 saturated heterocycles. The molecule has 6 heteroatoms. The normalized spacial score (nSPS) is 16.3. The van der Waals surface area contributed by atoms with E-state index in [0.29, 0.717) is 18.0 Å². The van der Waals surface area contributed by atoms with Crippen LogP contribution in [0.1, 0.15) is 5.01 Å². The van der Waals surface area contributed by atoms with Gasteiger partial charge in [0.25, 0.3) is 5.91 Å². The van der Waals surface area contributed by atoms with E-state index < -0.39 is 6.10 Å². The highest BCUT2D eigenvalue weighted by Gasteiger charge is 2.27. The van der Waals surface area contributed by atoms with Crippen LogP contribution in [0.25, 0.3) is 10.2 Å². The van der Waals surface area contributed by atoms with Gasteiger partial charge in [-0.15, -0.1) is 11.3 Å². The Morgan fingerprint density at radius 1 is 1.17 bits per heavy atom. The second-order valence-electron chi connectivity index (χ2n) is 5.16. The van der Waals surface area contributed by atoms with Gasteiger partial charge in [-0.2, -0.15) is 0 Å². The fourth-order valence-corrected chi connectivity index (χ4v) is 3.33. The van der Waals surface area contributed by atoms with Gasteiger partial charge in [-0.1, -0.05) is 24.3 Å². The highest BCUT2D eigenvalue weighted by Crippen LogP contribution is 2.30. The minimum absolute atomic E-state index is 0.196. The number of thiazole rings is 1. The van der Waals surface area contributed by atoms with Gasteiger partial charge >= 0.3 is 0 Å². The van der Waals surface area contributed by atoms with Gasteiger partial charge in [0, 0.05) is 0 Å². The number of amides is 1. The summed E-state index contributed by atoms with van der Waals surface area (Å²) in [6, 6.07) is 15.3. The largest absolute Gasteiger partial charge is 0.485 e. The van der Waals surface area contributed by atoms with Gasteiger partial charge < -0.3 is 14.8 Å². The third kappa shape index (κ3) is 2.85. The van der Waals surface area contributed by atoms with Crippen molar-refractivity contribution in [2.75, 3.05) is 6.61 Å². The van der Waals surface area contributed by atoms with Gasteiger partial charge in [-0.05, 0) is 24.3 Å². The first-order valence-electron chi connectivity index (χ1n) is 7.30. The lowest BCUT2D eigenvalue weighted by atomic mass is 10.2. The Morgan fingerprint density at radius 2 is 1.96 bits per heavy atom. The summed E-state index contributed by atoms with van der Waals surface area (Å²) in [5, 5.41) is 3.74. The first kappa shape index (κ1) is 14.0. The number of carbonyl (C=O) groups excluding carboxylic acids is 1. The first-order valence-corrected chi connectivity index (χ1v) is 8.12. The van der Waals surface area contributed by atoms with Crippen LogP contribution in [0.15, 0.2) is 48.5 Å². The number of para-hydroxylation sites is 3. The molecule has 1 aliphatic rings. The molecule has 2 heterocycles. The van der Waals surface area contributed by atoms with E-state index in [1.165, 1.54) is 0 Å². The van der Waals surface area contributed by atoms with E-state index >= 15 is 0 Å². The minimum Gasteiger partial charge on any atom is -0.485 e. The Balaban J connectivity index is 1.40. The molecule has 1 amide bonds. The van der Waals surface area contributed by atoms with Crippen molar-refractivity contribution >= 4 is 27.5 Å². The summed E-state index contributed by atoms with van der Waals surface area (Å²) < 4.78 is 12.4. The van der Waals surface area contributed by atoms with E-state index in [9.17, 15) is 4.79 Å². The summed E-state index contributed by atoms with van der Waals surface area (Å²) in [6.45, 7) is 0.600. The molecule has 116 valence electrons. The number of fused-ring (bicyclic) bond motifs is 2. The number of aromatic nitrogens is 1. The van der Waals surface area contributed by atoms with Gasteiger partial charge in [-0.25, -0.2) is 4.98 Å². The molecule has 23 heavy (non-hydrogen) atoms.